The molecule has 2 rings (SSSR count). The molecule has 112 valence electrons. The van der Waals surface area contributed by atoms with Crippen molar-refractivity contribution in [3.8, 4) is 11.5 Å². The van der Waals surface area contributed by atoms with Crippen molar-refractivity contribution in [2.45, 2.75) is 25.4 Å². The Labute approximate surface area is 125 Å². The van der Waals surface area contributed by atoms with Crippen molar-refractivity contribution < 1.29 is 14.2 Å². The molecule has 0 bridgehead atoms. The highest BCUT2D eigenvalue weighted by Gasteiger charge is 2.24. The van der Waals surface area contributed by atoms with E-state index in [0.717, 1.165) is 25.3 Å². The van der Waals surface area contributed by atoms with Gasteiger partial charge in [-0.3, -0.25) is 4.90 Å². The van der Waals surface area contributed by atoms with E-state index in [1.54, 1.807) is 21.3 Å². The molecule has 5 heteroatoms. The fraction of sp³-hybridized carbons (Fsp3) is 0.600. The predicted octanol–water partition coefficient (Wildman–Crippen LogP) is 2.97. The molecule has 0 saturated carbocycles. The molecule has 1 fully saturated rings. The second-order valence-electron chi connectivity index (χ2n) is 5.04. The van der Waals surface area contributed by atoms with Gasteiger partial charge in [-0.05, 0) is 37.1 Å². The van der Waals surface area contributed by atoms with Crippen LogP contribution in [-0.2, 0) is 11.3 Å². The maximum absolute atomic E-state index is 6.25. The molecule has 1 aromatic carbocycles. The summed E-state index contributed by atoms with van der Waals surface area (Å²) in [5, 5.41) is 0.587. The van der Waals surface area contributed by atoms with Crippen LogP contribution in [0.3, 0.4) is 0 Å². The largest absolute Gasteiger partial charge is 0.493 e. The van der Waals surface area contributed by atoms with Crippen LogP contribution in [0.25, 0.3) is 0 Å². The highest BCUT2D eigenvalue weighted by molar-refractivity contribution is 6.32. The number of likely N-dealkylation sites (tertiary alicyclic amines) is 1. The zero-order valence-electron chi connectivity index (χ0n) is 12.3. The first kappa shape index (κ1) is 15.4. The predicted molar refractivity (Wildman–Crippen MR) is 79.9 cm³/mol. The summed E-state index contributed by atoms with van der Waals surface area (Å²) < 4.78 is 15.9. The molecule has 0 amide bonds. The van der Waals surface area contributed by atoms with Gasteiger partial charge in [0.2, 0.25) is 0 Å². The SMILES string of the molecule is COC[C@@H]1CCCN1Cc1cc(Cl)c(OC)c(OC)c1. The summed E-state index contributed by atoms with van der Waals surface area (Å²) in [5.74, 6) is 1.27. The average molecular weight is 300 g/mol. The number of rotatable bonds is 6. The Morgan fingerprint density at radius 2 is 2.05 bits per heavy atom. The smallest absolute Gasteiger partial charge is 0.179 e. The standard InChI is InChI=1S/C15H22ClNO3/c1-18-10-12-5-4-6-17(12)9-11-7-13(16)15(20-3)14(8-11)19-2/h7-8,12H,4-6,9-10H2,1-3H3/t12-/m0/s1. The monoisotopic (exact) mass is 299 g/mol. The first-order valence-electron chi connectivity index (χ1n) is 6.83. The molecule has 0 radical (unpaired) electrons. The molecular weight excluding hydrogens is 278 g/mol. The Balaban J connectivity index is 2.15. The summed E-state index contributed by atoms with van der Waals surface area (Å²) in [6.07, 6.45) is 2.41. The molecule has 1 saturated heterocycles. The maximum Gasteiger partial charge on any atom is 0.179 e. The minimum absolute atomic E-state index is 0.492. The quantitative estimate of drug-likeness (QED) is 0.808. The third kappa shape index (κ3) is 3.37. The Morgan fingerprint density at radius 3 is 2.70 bits per heavy atom. The van der Waals surface area contributed by atoms with E-state index in [1.807, 2.05) is 12.1 Å². The van der Waals surface area contributed by atoms with Gasteiger partial charge in [-0.25, -0.2) is 0 Å². The molecule has 20 heavy (non-hydrogen) atoms. The normalized spacial score (nSPS) is 19.3. The van der Waals surface area contributed by atoms with Gasteiger partial charge in [-0.1, -0.05) is 11.6 Å². The van der Waals surface area contributed by atoms with Gasteiger partial charge in [0.15, 0.2) is 11.5 Å². The fourth-order valence-corrected chi connectivity index (χ4v) is 3.09. The molecular formula is C15H22ClNO3. The Hall–Kier alpha value is -0.970. The molecule has 0 N–H and O–H groups in total. The highest BCUT2D eigenvalue weighted by atomic mass is 35.5. The first-order valence-corrected chi connectivity index (χ1v) is 7.20. The fourth-order valence-electron chi connectivity index (χ4n) is 2.78. The lowest BCUT2D eigenvalue weighted by molar-refractivity contribution is 0.112. The number of benzene rings is 1. The number of hydrogen-bond acceptors (Lipinski definition) is 4. The van der Waals surface area contributed by atoms with Gasteiger partial charge in [0, 0.05) is 19.7 Å². The van der Waals surface area contributed by atoms with Crippen LogP contribution in [0.4, 0.5) is 0 Å². The van der Waals surface area contributed by atoms with Crippen LogP contribution >= 0.6 is 11.6 Å². The molecule has 1 aliphatic heterocycles. The van der Waals surface area contributed by atoms with E-state index < -0.39 is 0 Å². The van der Waals surface area contributed by atoms with Crippen LogP contribution in [0, 0.1) is 0 Å². The van der Waals surface area contributed by atoms with E-state index in [2.05, 4.69) is 4.90 Å². The summed E-state index contributed by atoms with van der Waals surface area (Å²) in [6.45, 7) is 2.73. The van der Waals surface area contributed by atoms with Gasteiger partial charge in [0.05, 0.1) is 25.8 Å². The van der Waals surface area contributed by atoms with Crippen molar-refractivity contribution in [3.63, 3.8) is 0 Å². The van der Waals surface area contributed by atoms with Gasteiger partial charge in [-0.2, -0.15) is 0 Å². The average Bonchev–Trinajstić information content (AvgIpc) is 2.86. The minimum atomic E-state index is 0.492. The number of ether oxygens (including phenoxy) is 3. The molecule has 0 aliphatic carbocycles. The summed E-state index contributed by atoms with van der Waals surface area (Å²) in [7, 11) is 4.98. The number of nitrogens with zero attached hydrogens (tertiary/aromatic N) is 1. The summed E-state index contributed by atoms with van der Waals surface area (Å²) in [4.78, 5) is 2.43. The molecule has 0 unspecified atom stereocenters. The molecule has 1 aliphatic rings. The van der Waals surface area contributed by atoms with Crippen LogP contribution in [0.15, 0.2) is 12.1 Å². The van der Waals surface area contributed by atoms with Crippen molar-refractivity contribution in [1.29, 1.82) is 0 Å². The van der Waals surface area contributed by atoms with E-state index in [0.29, 0.717) is 22.6 Å². The Kier molecular flexibility index (Phi) is 5.52. The van der Waals surface area contributed by atoms with Crippen LogP contribution in [0.1, 0.15) is 18.4 Å². The second-order valence-corrected chi connectivity index (χ2v) is 5.44. The van der Waals surface area contributed by atoms with Gasteiger partial charge in [0.25, 0.3) is 0 Å². The van der Waals surface area contributed by atoms with Crippen LogP contribution in [-0.4, -0.2) is 45.4 Å². The second kappa shape index (κ2) is 7.16. The lowest BCUT2D eigenvalue weighted by atomic mass is 10.1. The number of halogens is 1. The molecule has 4 nitrogen and oxygen atoms in total. The summed E-state index contributed by atoms with van der Waals surface area (Å²) in [6, 6.07) is 4.43. The van der Waals surface area contributed by atoms with Crippen LogP contribution in [0.2, 0.25) is 5.02 Å². The first-order chi connectivity index (χ1) is 9.69. The molecule has 0 aromatic heterocycles. The van der Waals surface area contributed by atoms with Gasteiger partial charge < -0.3 is 14.2 Å². The van der Waals surface area contributed by atoms with Crippen molar-refractivity contribution in [2.24, 2.45) is 0 Å². The van der Waals surface area contributed by atoms with Gasteiger partial charge in [-0.15, -0.1) is 0 Å². The number of methoxy groups -OCH3 is 3. The van der Waals surface area contributed by atoms with E-state index >= 15 is 0 Å². The summed E-state index contributed by atoms with van der Waals surface area (Å²) in [5.41, 5.74) is 1.13. The lowest BCUT2D eigenvalue weighted by Gasteiger charge is -2.24. The zero-order chi connectivity index (χ0) is 14.5. The van der Waals surface area contributed by atoms with E-state index in [1.165, 1.54) is 12.8 Å². The van der Waals surface area contributed by atoms with Crippen LogP contribution < -0.4 is 9.47 Å². The van der Waals surface area contributed by atoms with Crippen molar-refractivity contribution in [1.82, 2.24) is 4.90 Å². The highest BCUT2D eigenvalue weighted by Crippen LogP contribution is 2.36. The Morgan fingerprint density at radius 1 is 1.25 bits per heavy atom. The van der Waals surface area contributed by atoms with Crippen molar-refractivity contribution >= 4 is 11.6 Å². The number of hydrogen-bond donors (Lipinski definition) is 0. The third-order valence-electron chi connectivity index (χ3n) is 3.74. The maximum atomic E-state index is 6.25. The van der Waals surface area contributed by atoms with E-state index in [9.17, 15) is 0 Å². The molecule has 0 spiro atoms. The third-order valence-corrected chi connectivity index (χ3v) is 4.02. The zero-order valence-corrected chi connectivity index (χ0v) is 13.1. The van der Waals surface area contributed by atoms with Crippen molar-refractivity contribution in [2.75, 3.05) is 34.5 Å². The van der Waals surface area contributed by atoms with E-state index in [4.69, 9.17) is 25.8 Å². The van der Waals surface area contributed by atoms with Gasteiger partial charge >= 0.3 is 0 Å². The molecule has 1 atom stereocenters. The van der Waals surface area contributed by atoms with Gasteiger partial charge in [0.1, 0.15) is 0 Å². The summed E-state index contributed by atoms with van der Waals surface area (Å²) >= 11 is 6.25. The van der Waals surface area contributed by atoms with Crippen molar-refractivity contribution in [3.05, 3.63) is 22.7 Å². The minimum Gasteiger partial charge on any atom is -0.493 e. The molecule has 1 aromatic rings. The lowest BCUT2D eigenvalue weighted by Crippen LogP contribution is -2.32. The Bertz CT molecular complexity index is 453. The van der Waals surface area contributed by atoms with E-state index in [-0.39, 0.29) is 0 Å². The topological polar surface area (TPSA) is 30.9 Å². The van der Waals surface area contributed by atoms with Crippen LogP contribution in [0.5, 0.6) is 11.5 Å². The molecule has 1 heterocycles.